The third-order valence-electron chi connectivity index (χ3n) is 4.80. The smallest absolute Gasteiger partial charge is 0.460 e. The number of halogens is 17. The monoisotopic (exact) mass is 658 g/mol. The van der Waals surface area contributed by atoms with Gasteiger partial charge in [0.05, 0.1) is 20.1 Å². The summed E-state index contributed by atoms with van der Waals surface area (Å²) in [6.45, 7) is -3.89. The summed E-state index contributed by atoms with van der Waals surface area (Å²) < 4.78 is 247. The predicted molar refractivity (Wildman–Crippen MR) is 90.5 cm³/mol. The number of rotatable bonds is 14. The first-order chi connectivity index (χ1) is 17.0. The van der Waals surface area contributed by atoms with Crippen LogP contribution < -0.4 is 9.83 Å². The molecule has 0 radical (unpaired) electrons. The van der Waals surface area contributed by atoms with Crippen molar-refractivity contribution in [1.82, 2.24) is 4.72 Å². The second-order valence-corrected chi connectivity index (χ2v) is 10.4. The van der Waals surface area contributed by atoms with E-state index in [1.807, 2.05) is 0 Å². The third kappa shape index (κ3) is 6.00. The first-order valence-electron chi connectivity index (χ1n) is 9.42. The molecule has 1 atom stereocenters. The van der Waals surface area contributed by atoms with E-state index >= 15 is 0 Å². The van der Waals surface area contributed by atoms with Gasteiger partial charge in [-0.2, -0.15) is 74.6 Å². The number of nitrogens with one attached hydrogen (secondary N) is 1. The fourth-order valence-corrected chi connectivity index (χ4v) is 3.72. The van der Waals surface area contributed by atoms with Crippen molar-refractivity contribution in [1.29, 1.82) is 0 Å². The Morgan fingerprint density at radius 3 is 1.38 bits per heavy atom. The summed E-state index contributed by atoms with van der Waals surface area (Å²) in [5.74, 6) is -54.1. The Hall–Kier alpha value is -1.89. The van der Waals surface area contributed by atoms with Crippen LogP contribution in [0.4, 0.5) is 74.6 Å². The van der Waals surface area contributed by atoms with E-state index in [-0.39, 0.29) is 4.72 Å². The molecule has 0 aliphatic heterocycles. The van der Waals surface area contributed by atoms with Crippen molar-refractivity contribution in [2.45, 2.75) is 53.1 Å². The number of alkyl halides is 17. The maximum atomic E-state index is 13.9. The number of sulfonamides is 1. The van der Waals surface area contributed by atoms with Crippen molar-refractivity contribution in [2.24, 2.45) is 0 Å². The third-order valence-corrected chi connectivity index (χ3v) is 6.28. The van der Waals surface area contributed by atoms with Gasteiger partial charge in [0.1, 0.15) is 19.2 Å². The minimum Gasteiger partial charge on any atom is -0.544 e. The van der Waals surface area contributed by atoms with E-state index in [1.54, 1.807) is 0 Å². The number of aliphatic hydroxyl groups excluding tert-OH is 1. The van der Waals surface area contributed by atoms with E-state index in [4.69, 9.17) is 0 Å². The van der Waals surface area contributed by atoms with Crippen LogP contribution in [0.5, 0.6) is 0 Å². The van der Waals surface area contributed by atoms with Gasteiger partial charge >= 0.3 is 47.0 Å². The summed E-state index contributed by atoms with van der Waals surface area (Å²) in [5.41, 5.74) is 0. The Morgan fingerprint density at radius 1 is 0.725 bits per heavy atom. The van der Waals surface area contributed by atoms with Gasteiger partial charge in [0, 0.05) is 6.54 Å². The van der Waals surface area contributed by atoms with Crippen molar-refractivity contribution in [3.63, 3.8) is 0 Å². The number of carboxylic acids is 1. The van der Waals surface area contributed by atoms with Gasteiger partial charge < -0.3 is 19.5 Å². The molecular formula is C15H15F17N2O5S. The Balaban J connectivity index is 6.49. The van der Waals surface area contributed by atoms with Crippen molar-refractivity contribution in [3.8, 4) is 0 Å². The van der Waals surface area contributed by atoms with Crippen molar-refractivity contribution < 1.29 is 103 Å². The highest BCUT2D eigenvalue weighted by atomic mass is 32.2. The fraction of sp³-hybridized carbons (Fsp3) is 0.933. The lowest BCUT2D eigenvalue weighted by Gasteiger charge is -2.42. The van der Waals surface area contributed by atoms with Gasteiger partial charge in [0.15, 0.2) is 0 Å². The molecule has 0 bridgehead atoms. The number of quaternary nitrogens is 1. The van der Waals surface area contributed by atoms with E-state index in [2.05, 4.69) is 0 Å². The zero-order chi connectivity index (χ0) is 33.0. The number of aliphatic hydroxyl groups is 1. The molecule has 0 heterocycles. The van der Waals surface area contributed by atoms with Crippen LogP contribution in [0.2, 0.25) is 0 Å². The maximum Gasteiger partial charge on any atom is 0.460 e. The Kier molecular flexibility index (Phi) is 9.94. The van der Waals surface area contributed by atoms with Crippen molar-refractivity contribution in [3.05, 3.63) is 0 Å². The molecular weight excluding hydrogens is 643 g/mol. The summed E-state index contributed by atoms with van der Waals surface area (Å²) in [6, 6.07) is 0. The SMILES string of the molecule is C[N+](C)(CC(=O)[O-])CC(O)CNS(=O)(=O)C(F)(F)C(F)(F)C(F)(F)C(F)(F)C(F)(F)C(F)(F)C(F)(F)C(F)(F)F. The molecule has 0 spiro atoms. The second kappa shape index (κ2) is 10.4. The Morgan fingerprint density at radius 2 is 1.05 bits per heavy atom. The molecule has 0 saturated carbocycles. The predicted octanol–water partition coefficient (Wildman–Crippen LogP) is 2.06. The zero-order valence-electron chi connectivity index (χ0n) is 19.1. The zero-order valence-corrected chi connectivity index (χ0v) is 19.9. The topological polar surface area (TPSA) is 107 Å². The summed E-state index contributed by atoms with van der Waals surface area (Å²) >= 11 is 0. The van der Waals surface area contributed by atoms with Crippen LogP contribution in [0.25, 0.3) is 0 Å². The number of likely N-dealkylation sites (N-methyl/N-ethyl adjacent to an activating group) is 1. The van der Waals surface area contributed by atoms with E-state index < -0.39 is 93.2 Å². The van der Waals surface area contributed by atoms with Crippen molar-refractivity contribution >= 4 is 16.0 Å². The number of hydrogen-bond acceptors (Lipinski definition) is 5. The van der Waals surface area contributed by atoms with Crippen LogP contribution >= 0.6 is 0 Å². The maximum absolute atomic E-state index is 13.9. The number of nitrogens with zero attached hydrogens (tertiary/aromatic N) is 1. The van der Waals surface area contributed by atoms with Crippen LogP contribution in [0.1, 0.15) is 0 Å². The molecule has 0 aromatic heterocycles. The Bertz CT molecular complexity index is 1040. The van der Waals surface area contributed by atoms with Gasteiger partial charge in [-0.05, 0) is 0 Å². The summed E-state index contributed by atoms with van der Waals surface area (Å²) in [5, 5.41) is 12.3. The highest BCUT2D eigenvalue weighted by Crippen LogP contribution is 2.64. The summed E-state index contributed by atoms with van der Waals surface area (Å²) in [4.78, 5) is 10.5. The number of aliphatic carboxylic acids is 1. The highest BCUT2D eigenvalue weighted by Gasteiger charge is 2.96. The van der Waals surface area contributed by atoms with Gasteiger partial charge in [-0.15, -0.1) is 0 Å². The molecule has 0 aromatic rings. The number of carbonyl (C=O) groups excluding carboxylic acids is 1. The minimum absolute atomic E-state index is 0.254. The van der Waals surface area contributed by atoms with Crippen LogP contribution in [0, 0.1) is 0 Å². The van der Waals surface area contributed by atoms with Gasteiger partial charge in [-0.3, -0.25) is 0 Å². The lowest BCUT2D eigenvalue weighted by molar-refractivity contribution is -0.887. The molecule has 2 N–H and O–H groups in total. The molecule has 25 heteroatoms. The van der Waals surface area contributed by atoms with Gasteiger partial charge in [-0.1, -0.05) is 0 Å². The fourth-order valence-electron chi connectivity index (χ4n) is 2.66. The molecule has 1 unspecified atom stereocenters. The van der Waals surface area contributed by atoms with Gasteiger partial charge in [0.25, 0.3) is 10.0 Å². The molecule has 240 valence electrons. The van der Waals surface area contributed by atoms with E-state index in [0.717, 1.165) is 14.1 Å². The molecule has 0 rings (SSSR count). The lowest BCUT2D eigenvalue weighted by atomic mass is 9.91. The molecule has 0 fully saturated rings. The van der Waals surface area contributed by atoms with E-state index in [1.165, 1.54) is 0 Å². The quantitative estimate of drug-likeness (QED) is 0.220. The number of hydrogen-bond donors (Lipinski definition) is 2. The summed E-state index contributed by atoms with van der Waals surface area (Å²) in [6.07, 6.45) is -10.3. The molecule has 0 aliphatic carbocycles. The average Bonchev–Trinajstić information content (AvgIpc) is 2.69. The highest BCUT2D eigenvalue weighted by molar-refractivity contribution is 7.90. The van der Waals surface area contributed by atoms with E-state index in [0.29, 0.717) is 0 Å². The number of carbonyl (C=O) groups is 1. The molecule has 0 aromatic carbocycles. The summed E-state index contributed by atoms with van der Waals surface area (Å²) in [7, 11) is -5.66. The Labute approximate surface area is 211 Å². The lowest BCUT2D eigenvalue weighted by Crippen LogP contribution is -2.75. The first kappa shape index (κ1) is 38.1. The first-order valence-corrected chi connectivity index (χ1v) is 10.9. The average molecular weight is 658 g/mol. The van der Waals surface area contributed by atoms with Crippen LogP contribution in [0.15, 0.2) is 0 Å². The van der Waals surface area contributed by atoms with Crippen LogP contribution in [-0.2, 0) is 14.8 Å². The van der Waals surface area contributed by atoms with Crippen LogP contribution in [0.3, 0.4) is 0 Å². The molecule has 0 aliphatic rings. The largest absolute Gasteiger partial charge is 0.544 e. The standard InChI is InChI=1S/C15H15F17N2O5S/c1-34(2,5-7(36)37)4-6(35)3-33-40(38,39)15(31,32)13(26,27)11(22,23)9(18,19)8(16,17)10(20,21)12(24,25)14(28,29)30/h6,33,35H,3-5H2,1-2H3. The second-order valence-electron chi connectivity index (χ2n) is 8.62. The minimum atomic E-state index is -8.95. The molecule has 0 saturated heterocycles. The van der Waals surface area contributed by atoms with Crippen molar-refractivity contribution in [2.75, 3.05) is 33.7 Å². The van der Waals surface area contributed by atoms with E-state index in [9.17, 15) is 98.1 Å². The molecule has 40 heavy (non-hydrogen) atoms. The van der Waals surface area contributed by atoms with Crippen LogP contribution in [-0.4, -0.2) is 111 Å². The normalized spacial score (nSPS) is 16.7. The van der Waals surface area contributed by atoms with Gasteiger partial charge in [0.2, 0.25) is 0 Å². The molecule has 0 amide bonds. The molecule has 7 nitrogen and oxygen atoms in total. The number of carboxylic acid groups (broad SMARTS) is 1. The van der Waals surface area contributed by atoms with Gasteiger partial charge in [-0.25, -0.2) is 13.1 Å².